The Balaban J connectivity index is 1.31. The molecule has 0 amide bonds. The summed E-state index contributed by atoms with van der Waals surface area (Å²) in [4.78, 5) is 13.0. The van der Waals surface area contributed by atoms with Crippen LogP contribution in [0.2, 0.25) is 0 Å². The predicted octanol–water partition coefficient (Wildman–Crippen LogP) is 5.63. The number of morpholine rings is 1. The van der Waals surface area contributed by atoms with Crippen LogP contribution in [0.5, 0.6) is 11.8 Å². The van der Waals surface area contributed by atoms with Crippen molar-refractivity contribution in [2.75, 3.05) is 57.4 Å². The number of phenolic OH excluding ortho intramolecular Hbond substituents is 1. The van der Waals surface area contributed by atoms with Gasteiger partial charge in [-0.05, 0) is 68.1 Å². The number of nitrogens with one attached hydrogen (secondary N) is 1. The second kappa shape index (κ2) is 11.7. The summed E-state index contributed by atoms with van der Waals surface area (Å²) in [7, 11) is 0. The summed E-state index contributed by atoms with van der Waals surface area (Å²) >= 11 is -0.480. The highest BCUT2D eigenvalue weighted by Crippen LogP contribution is 2.48. The lowest BCUT2D eigenvalue weighted by Gasteiger charge is -2.34. The number of rotatable bonds is 8. The average Bonchev–Trinajstić information content (AvgIpc) is 3.67. The normalized spacial score (nSPS) is 23.1. The van der Waals surface area contributed by atoms with Crippen LogP contribution in [0.25, 0.3) is 22.0 Å². The van der Waals surface area contributed by atoms with Gasteiger partial charge in [0.15, 0.2) is 5.82 Å². The molecule has 1 aliphatic carbocycles. The number of thioether (sulfide) groups is 1. The van der Waals surface area contributed by atoms with Crippen molar-refractivity contribution in [3.63, 3.8) is 0 Å². The lowest BCUT2D eigenvalue weighted by molar-refractivity contribution is -0.0328. The minimum atomic E-state index is -4.72. The molecule has 45 heavy (non-hydrogen) atoms. The summed E-state index contributed by atoms with van der Waals surface area (Å²) in [5.41, 5.74) is -6.13. The van der Waals surface area contributed by atoms with Gasteiger partial charge in [0.05, 0.1) is 25.4 Å². The zero-order valence-corrected chi connectivity index (χ0v) is 25.5. The topological polar surface area (TPSA) is 83.0 Å². The molecule has 4 fully saturated rings. The Morgan fingerprint density at radius 1 is 1.09 bits per heavy atom. The number of hydrogen-bond acceptors (Lipinski definition) is 9. The Kier molecular flexibility index (Phi) is 7.98. The maximum Gasteiger partial charge on any atom is 0.446 e. The second-order valence-corrected chi connectivity index (χ2v) is 13.8. The van der Waals surface area contributed by atoms with E-state index in [2.05, 4.69) is 20.2 Å². The Morgan fingerprint density at radius 2 is 1.80 bits per heavy atom. The van der Waals surface area contributed by atoms with Gasteiger partial charge in [-0.15, -0.1) is 0 Å². The van der Waals surface area contributed by atoms with E-state index in [-0.39, 0.29) is 40.0 Å². The van der Waals surface area contributed by atoms with Crippen LogP contribution in [-0.4, -0.2) is 90.1 Å². The van der Waals surface area contributed by atoms with Gasteiger partial charge >= 0.3 is 11.5 Å². The van der Waals surface area contributed by atoms with Crippen LogP contribution in [0.15, 0.2) is 23.1 Å². The number of aromatic hydroxyl groups is 1. The molecule has 1 saturated carbocycles. The van der Waals surface area contributed by atoms with Crippen LogP contribution < -0.4 is 15.0 Å². The van der Waals surface area contributed by atoms with Gasteiger partial charge in [-0.3, -0.25) is 4.90 Å². The highest BCUT2D eigenvalue weighted by atomic mass is 32.2. The molecule has 3 aliphatic heterocycles. The van der Waals surface area contributed by atoms with Crippen molar-refractivity contribution in [3.8, 4) is 22.9 Å². The zero-order valence-electron chi connectivity index (χ0n) is 24.7. The fraction of sp³-hybridized carbons (Fsp3) is 0.548. The molecule has 1 aromatic heterocycles. The molecular formula is C31H34F5N5O3S. The van der Waals surface area contributed by atoms with Gasteiger partial charge < -0.3 is 24.8 Å². The number of aryl methyl sites for hydroxylation is 1. The minimum absolute atomic E-state index is 0.0323. The van der Waals surface area contributed by atoms with E-state index >= 15 is 8.78 Å². The van der Waals surface area contributed by atoms with Gasteiger partial charge in [0.1, 0.15) is 22.9 Å². The minimum Gasteiger partial charge on any atom is -0.508 e. The molecule has 0 spiro atoms. The Morgan fingerprint density at radius 3 is 2.47 bits per heavy atom. The van der Waals surface area contributed by atoms with Gasteiger partial charge in [0, 0.05) is 66.1 Å². The molecule has 242 valence electrons. The number of halogens is 5. The first-order chi connectivity index (χ1) is 21.5. The van der Waals surface area contributed by atoms with Crippen molar-refractivity contribution in [2.45, 2.75) is 55.1 Å². The number of phenols is 1. The van der Waals surface area contributed by atoms with Crippen molar-refractivity contribution in [1.29, 1.82) is 0 Å². The molecule has 2 N–H and O–H groups in total. The van der Waals surface area contributed by atoms with Gasteiger partial charge in [0.25, 0.3) is 0 Å². The van der Waals surface area contributed by atoms with Crippen LogP contribution in [0.4, 0.5) is 27.8 Å². The Bertz CT molecular complexity index is 1600. The number of ether oxygens (including phenoxy) is 2. The smallest absolute Gasteiger partial charge is 0.446 e. The number of nitrogens with zero attached hydrogens (tertiary/aromatic N) is 4. The first-order valence-electron chi connectivity index (χ1n) is 15.2. The van der Waals surface area contributed by atoms with E-state index in [1.54, 1.807) is 0 Å². The quantitative estimate of drug-likeness (QED) is 0.238. The zero-order chi connectivity index (χ0) is 31.5. The summed E-state index contributed by atoms with van der Waals surface area (Å²) in [6, 6.07) is 3.50. The summed E-state index contributed by atoms with van der Waals surface area (Å²) in [5, 5.41) is 13.9. The van der Waals surface area contributed by atoms with Gasteiger partial charge in [-0.25, -0.2) is 8.78 Å². The maximum absolute atomic E-state index is 16.6. The highest BCUT2D eigenvalue weighted by Gasteiger charge is 2.45. The number of benzene rings is 2. The van der Waals surface area contributed by atoms with Gasteiger partial charge in [0.2, 0.25) is 0 Å². The summed E-state index contributed by atoms with van der Waals surface area (Å²) < 4.78 is 84.8. The van der Waals surface area contributed by atoms with Crippen molar-refractivity contribution in [3.05, 3.63) is 35.4 Å². The second-order valence-electron chi connectivity index (χ2n) is 12.7. The molecule has 0 radical (unpaired) electrons. The third-order valence-corrected chi connectivity index (χ3v) is 10.2. The maximum atomic E-state index is 16.6. The van der Waals surface area contributed by atoms with Crippen molar-refractivity contribution >= 4 is 28.5 Å². The molecule has 8 nitrogen and oxygen atoms in total. The van der Waals surface area contributed by atoms with Crippen LogP contribution in [0.1, 0.15) is 31.2 Å². The fourth-order valence-electron chi connectivity index (χ4n) is 6.85. The Hall–Kier alpha value is -2.94. The molecule has 2 unspecified atom stereocenters. The van der Waals surface area contributed by atoms with Crippen molar-refractivity contribution in [2.24, 2.45) is 5.41 Å². The number of anilines is 1. The van der Waals surface area contributed by atoms with E-state index < -0.39 is 50.7 Å². The molecule has 7 rings (SSSR count). The summed E-state index contributed by atoms with van der Waals surface area (Å²) in [5.74, 6) is -2.30. The van der Waals surface area contributed by atoms with Crippen molar-refractivity contribution in [1.82, 2.24) is 20.2 Å². The molecule has 2 bridgehead atoms. The molecular weight excluding hydrogens is 617 g/mol. The molecule has 3 saturated heterocycles. The van der Waals surface area contributed by atoms with E-state index in [0.29, 0.717) is 38.7 Å². The van der Waals surface area contributed by atoms with Crippen molar-refractivity contribution < 1.29 is 36.5 Å². The average molecular weight is 652 g/mol. The molecule has 2 aromatic carbocycles. The van der Waals surface area contributed by atoms with Crippen LogP contribution in [0, 0.1) is 24.0 Å². The lowest BCUT2D eigenvalue weighted by Crippen LogP contribution is -2.51. The number of piperazine rings is 1. The fourth-order valence-corrected chi connectivity index (χ4v) is 7.57. The first-order valence-corrected chi connectivity index (χ1v) is 16.0. The van der Waals surface area contributed by atoms with Crippen LogP contribution >= 0.6 is 11.8 Å². The number of aromatic nitrogens is 2. The third kappa shape index (κ3) is 6.38. The van der Waals surface area contributed by atoms with Crippen LogP contribution in [-0.2, 0) is 4.74 Å². The number of fused-ring (bicyclic) bond motifs is 3. The molecule has 4 aliphatic rings. The van der Waals surface area contributed by atoms with E-state index in [4.69, 9.17) is 9.47 Å². The van der Waals surface area contributed by atoms with Gasteiger partial charge in [-0.1, -0.05) is 0 Å². The van der Waals surface area contributed by atoms with E-state index in [1.807, 2.05) is 4.90 Å². The SMILES string of the molecule is Cc1cc(O)cc(-c2c(F)cc3c(N4CC5CCC(C4)N5)nc(OCC4(CN5CCOCC5)CC4)nc3c2F)c1SC(F)(F)F. The van der Waals surface area contributed by atoms with E-state index in [1.165, 1.54) is 6.92 Å². The molecule has 14 heteroatoms. The molecule has 3 aromatic rings. The molecule has 2 atom stereocenters. The number of hydrogen-bond donors (Lipinski definition) is 2. The lowest BCUT2D eigenvalue weighted by atomic mass is 9.99. The van der Waals surface area contributed by atoms with Crippen LogP contribution in [0.3, 0.4) is 0 Å². The predicted molar refractivity (Wildman–Crippen MR) is 160 cm³/mol. The largest absolute Gasteiger partial charge is 0.508 e. The van der Waals surface area contributed by atoms with E-state index in [0.717, 1.165) is 63.5 Å². The van der Waals surface area contributed by atoms with E-state index in [9.17, 15) is 18.3 Å². The monoisotopic (exact) mass is 651 g/mol. The Labute approximate surface area is 261 Å². The standard InChI is InChI=1S/C31H34F5N5O3S/c1-17-10-20(42)11-21(27(17)45-31(34,35)36)24-23(32)12-22-26(25(24)33)38-29(39-28(22)41-13-18-2-3-19(14-41)37-18)44-16-30(4-5-30)15-40-6-8-43-9-7-40/h10-12,18-19,37,42H,2-9,13-16H2,1H3. The highest BCUT2D eigenvalue weighted by molar-refractivity contribution is 8.00. The first kappa shape index (κ1) is 30.7. The van der Waals surface area contributed by atoms with Gasteiger partial charge in [-0.2, -0.15) is 23.1 Å². The summed E-state index contributed by atoms with van der Waals surface area (Å²) in [6.45, 7) is 6.69. The molecule has 4 heterocycles. The third-order valence-electron chi connectivity index (χ3n) is 9.23. The number of alkyl halides is 3. The summed E-state index contributed by atoms with van der Waals surface area (Å²) in [6.07, 6.45) is 3.88.